The number of anilines is 6. The van der Waals surface area contributed by atoms with Crippen LogP contribution in [0.4, 0.5) is 34.1 Å². The fraction of sp³-hybridized carbons (Fsp3) is 0. The third kappa shape index (κ3) is 6.48. The van der Waals surface area contributed by atoms with Gasteiger partial charge in [0.25, 0.3) is 0 Å². The van der Waals surface area contributed by atoms with Gasteiger partial charge in [-0.1, -0.05) is 162 Å². The zero-order valence-corrected chi connectivity index (χ0v) is 30.6. The molecule has 9 aromatic rings. The molecule has 0 atom stereocenters. The van der Waals surface area contributed by atoms with Crippen LogP contribution in [0.2, 0.25) is 0 Å². The summed E-state index contributed by atoms with van der Waals surface area (Å²) in [5.74, 6) is 0. The van der Waals surface area contributed by atoms with Crippen LogP contribution in [0.5, 0.6) is 0 Å². The summed E-state index contributed by atoms with van der Waals surface area (Å²) in [5.41, 5.74) is 11.2. The molecule has 9 aromatic carbocycles. The van der Waals surface area contributed by atoms with E-state index in [9.17, 15) is 0 Å². The third-order valence-electron chi connectivity index (χ3n) is 9.82. The smallest absolute Gasteiger partial charge is 0.0493 e. The van der Waals surface area contributed by atoms with Gasteiger partial charge in [0.15, 0.2) is 0 Å². The second-order valence-corrected chi connectivity index (χ2v) is 14.1. The molecule has 0 saturated heterocycles. The summed E-state index contributed by atoms with van der Waals surface area (Å²) in [6, 6.07) is 76.0. The average Bonchev–Trinajstić information content (AvgIpc) is 3.21. The molecule has 0 aliphatic rings. The molecule has 0 bridgehead atoms. The van der Waals surface area contributed by atoms with E-state index in [1.54, 1.807) is 0 Å². The maximum absolute atomic E-state index is 3.94. The van der Waals surface area contributed by atoms with Gasteiger partial charge in [0, 0.05) is 38.6 Å². The quantitative estimate of drug-likeness (QED) is 0.153. The van der Waals surface area contributed by atoms with E-state index in [0.29, 0.717) is 0 Å². The zero-order chi connectivity index (χ0) is 35.6. The molecule has 0 aliphatic carbocycles. The first-order chi connectivity index (χ1) is 26.2. The van der Waals surface area contributed by atoms with E-state index in [1.165, 1.54) is 43.8 Å². The van der Waals surface area contributed by atoms with E-state index in [1.807, 2.05) is 0 Å². The number of benzene rings is 9. The molecule has 0 N–H and O–H groups in total. The number of fused-ring (bicyclic) bond motifs is 2. The average molecular weight is 744 g/mol. The lowest BCUT2D eigenvalue weighted by atomic mass is 9.97. The van der Waals surface area contributed by atoms with E-state index in [0.717, 1.165) is 38.6 Å². The van der Waals surface area contributed by atoms with Gasteiger partial charge < -0.3 is 9.80 Å². The second-order valence-electron chi connectivity index (χ2n) is 13.2. The van der Waals surface area contributed by atoms with Crippen LogP contribution in [0.25, 0.3) is 43.8 Å². The van der Waals surface area contributed by atoms with Crippen molar-refractivity contribution in [2.24, 2.45) is 0 Å². The molecule has 0 heterocycles. The molecule has 0 saturated carbocycles. The Kier molecular flexibility index (Phi) is 8.77. The van der Waals surface area contributed by atoms with E-state index in [4.69, 9.17) is 0 Å². The van der Waals surface area contributed by atoms with Crippen molar-refractivity contribution in [2.75, 3.05) is 9.80 Å². The minimum Gasteiger partial charge on any atom is -0.310 e. The molecule has 53 heavy (non-hydrogen) atoms. The fourth-order valence-electron chi connectivity index (χ4n) is 7.45. The van der Waals surface area contributed by atoms with Crippen molar-refractivity contribution in [1.29, 1.82) is 0 Å². The van der Waals surface area contributed by atoms with Crippen LogP contribution >= 0.6 is 15.9 Å². The van der Waals surface area contributed by atoms with Crippen molar-refractivity contribution >= 4 is 71.6 Å². The van der Waals surface area contributed by atoms with E-state index in [-0.39, 0.29) is 0 Å². The van der Waals surface area contributed by atoms with Gasteiger partial charge in [0.05, 0.1) is 0 Å². The lowest BCUT2D eigenvalue weighted by Gasteiger charge is -2.30. The van der Waals surface area contributed by atoms with Crippen LogP contribution in [0.15, 0.2) is 217 Å². The minimum atomic E-state index is 0.988. The van der Waals surface area contributed by atoms with Crippen LogP contribution in [-0.4, -0.2) is 0 Å². The SMILES string of the molecule is Brc1cc(N(c2ccccc2)c2ccccc2)cc(N(c2cccc(-c3cccc4ccccc34)c2)c2cccc(-c3cccc4ccccc34)c2)c1. The lowest BCUT2D eigenvalue weighted by molar-refractivity contribution is 1.24. The van der Waals surface area contributed by atoms with Crippen molar-refractivity contribution in [3.63, 3.8) is 0 Å². The highest BCUT2D eigenvalue weighted by molar-refractivity contribution is 9.10. The van der Waals surface area contributed by atoms with Crippen molar-refractivity contribution < 1.29 is 0 Å². The van der Waals surface area contributed by atoms with E-state index in [2.05, 4.69) is 238 Å². The molecule has 0 fully saturated rings. The highest BCUT2D eigenvalue weighted by Gasteiger charge is 2.20. The van der Waals surface area contributed by atoms with E-state index >= 15 is 0 Å². The van der Waals surface area contributed by atoms with Gasteiger partial charge in [-0.15, -0.1) is 0 Å². The summed E-state index contributed by atoms with van der Waals surface area (Å²) in [4.78, 5) is 4.69. The number of para-hydroxylation sites is 2. The van der Waals surface area contributed by atoms with Crippen LogP contribution in [0.1, 0.15) is 0 Å². The summed E-state index contributed by atoms with van der Waals surface area (Å²) < 4.78 is 0.988. The Morgan fingerprint density at radius 1 is 0.283 bits per heavy atom. The highest BCUT2D eigenvalue weighted by Crippen LogP contribution is 2.44. The number of halogens is 1. The molecule has 0 unspecified atom stereocenters. The molecule has 2 nitrogen and oxygen atoms in total. The van der Waals surface area contributed by atoms with Gasteiger partial charge >= 0.3 is 0 Å². The van der Waals surface area contributed by atoms with Crippen molar-refractivity contribution in [3.05, 3.63) is 217 Å². The minimum absolute atomic E-state index is 0.988. The van der Waals surface area contributed by atoms with E-state index < -0.39 is 0 Å². The van der Waals surface area contributed by atoms with Gasteiger partial charge in [-0.05, 0) is 111 Å². The van der Waals surface area contributed by atoms with Gasteiger partial charge in [0.2, 0.25) is 0 Å². The molecular weight excluding hydrogens is 708 g/mol. The number of nitrogens with zero attached hydrogens (tertiary/aromatic N) is 2. The molecule has 0 radical (unpaired) electrons. The Labute approximate surface area is 319 Å². The Balaban J connectivity index is 1.25. The van der Waals surface area contributed by atoms with Gasteiger partial charge in [-0.3, -0.25) is 0 Å². The molecular formula is C50H35BrN2. The highest BCUT2D eigenvalue weighted by atomic mass is 79.9. The summed E-state index contributed by atoms with van der Waals surface area (Å²) >= 11 is 3.94. The fourth-order valence-corrected chi connectivity index (χ4v) is 7.91. The summed E-state index contributed by atoms with van der Waals surface area (Å²) in [5, 5.41) is 4.94. The predicted molar refractivity (Wildman–Crippen MR) is 229 cm³/mol. The van der Waals surface area contributed by atoms with Gasteiger partial charge in [-0.25, -0.2) is 0 Å². The number of hydrogen-bond donors (Lipinski definition) is 0. The second kappa shape index (κ2) is 14.3. The Morgan fingerprint density at radius 3 is 1.15 bits per heavy atom. The number of rotatable bonds is 8. The Bertz CT molecular complexity index is 2530. The largest absolute Gasteiger partial charge is 0.310 e. The summed E-state index contributed by atoms with van der Waals surface area (Å²) in [6.45, 7) is 0. The molecule has 0 aliphatic heterocycles. The first kappa shape index (κ1) is 32.5. The monoisotopic (exact) mass is 742 g/mol. The topological polar surface area (TPSA) is 6.48 Å². The summed E-state index contributed by atoms with van der Waals surface area (Å²) in [6.07, 6.45) is 0. The summed E-state index contributed by atoms with van der Waals surface area (Å²) in [7, 11) is 0. The number of hydrogen-bond acceptors (Lipinski definition) is 2. The van der Waals surface area contributed by atoms with Gasteiger partial charge in [-0.2, -0.15) is 0 Å². The molecule has 0 aromatic heterocycles. The third-order valence-corrected chi connectivity index (χ3v) is 10.3. The maximum atomic E-state index is 3.94. The Hall–Kier alpha value is -6.42. The van der Waals surface area contributed by atoms with Crippen LogP contribution < -0.4 is 9.80 Å². The molecule has 0 spiro atoms. The molecule has 3 heteroatoms. The van der Waals surface area contributed by atoms with Gasteiger partial charge in [0.1, 0.15) is 0 Å². The zero-order valence-electron chi connectivity index (χ0n) is 29.0. The van der Waals surface area contributed by atoms with Crippen molar-refractivity contribution in [3.8, 4) is 22.3 Å². The molecule has 0 amide bonds. The maximum Gasteiger partial charge on any atom is 0.0493 e. The predicted octanol–water partition coefficient (Wildman–Crippen LogP) is 15.0. The normalized spacial score (nSPS) is 11.1. The first-order valence-corrected chi connectivity index (χ1v) is 18.7. The van der Waals surface area contributed by atoms with Crippen LogP contribution in [0.3, 0.4) is 0 Å². The first-order valence-electron chi connectivity index (χ1n) is 17.9. The Morgan fingerprint density at radius 2 is 0.660 bits per heavy atom. The lowest BCUT2D eigenvalue weighted by Crippen LogP contribution is -2.13. The molecule has 9 rings (SSSR count). The van der Waals surface area contributed by atoms with Crippen LogP contribution in [-0.2, 0) is 0 Å². The van der Waals surface area contributed by atoms with Crippen molar-refractivity contribution in [1.82, 2.24) is 0 Å². The standard InChI is InChI=1S/C50H35BrN2/c51-40-33-45(52(41-21-3-1-4-22-41)42-23-5-2-6-24-42)35-46(34-40)53(43-25-11-19-38(31-43)49-29-13-17-36-15-7-9-27-47(36)49)44-26-12-20-39(32-44)50-30-14-18-37-16-8-10-28-48(37)50/h1-35H. The molecule has 252 valence electrons. The van der Waals surface area contributed by atoms with Crippen molar-refractivity contribution in [2.45, 2.75) is 0 Å². The van der Waals surface area contributed by atoms with Crippen LogP contribution in [0, 0.1) is 0 Å².